The number of nitrogens with two attached hydrogens (primary N) is 1. The molecule has 0 radical (unpaired) electrons. The van der Waals surface area contributed by atoms with Gasteiger partial charge in [0.05, 0.1) is 0 Å². The average molecular weight is 609 g/mol. The summed E-state index contributed by atoms with van der Waals surface area (Å²) in [7, 11) is 4.29. The first-order valence-corrected chi connectivity index (χ1v) is 15.4. The number of nitrogens with one attached hydrogen (secondary N) is 1. The van der Waals surface area contributed by atoms with Crippen LogP contribution >= 0.6 is 0 Å². The van der Waals surface area contributed by atoms with Crippen molar-refractivity contribution in [2.24, 2.45) is 0 Å². The van der Waals surface area contributed by atoms with Crippen molar-refractivity contribution in [1.82, 2.24) is 24.4 Å². The Morgan fingerprint density at radius 3 is 2.38 bits per heavy atom. The van der Waals surface area contributed by atoms with Crippen molar-refractivity contribution in [2.45, 2.75) is 63.9 Å². The molecule has 2 amide bonds. The van der Waals surface area contributed by atoms with E-state index in [2.05, 4.69) is 40.5 Å². The summed E-state index contributed by atoms with van der Waals surface area (Å²) in [6.45, 7) is 3.77. The maximum absolute atomic E-state index is 13.5. The van der Waals surface area contributed by atoms with Crippen molar-refractivity contribution in [3.05, 3.63) is 84.5 Å². The van der Waals surface area contributed by atoms with Crippen LogP contribution in [0.25, 0.3) is 16.6 Å². The number of carbonyl (C=O) groups is 2. The third kappa shape index (κ3) is 5.76. The van der Waals surface area contributed by atoms with Gasteiger partial charge >= 0.3 is 0 Å². The molecule has 1 atom stereocenters. The Balaban J connectivity index is 1.25. The van der Waals surface area contributed by atoms with Gasteiger partial charge in [-0.1, -0.05) is 30.3 Å². The summed E-state index contributed by atoms with van der Waals surface area (Å²) < 4.78 is 1.93. The van der Waals surface area contributed by atoms with E-state index in [-0.39, 0.29) is 11.6 Å². The summed E-state index contributed by atoms with van der Waals surface area (Å²) in [4.78, 5) is 36.4. The molecule has 1 aliphatic heterocycles. The van der Waals surface area contributed by atoms with E-state index in [1.54, 1.807) is 41.3 Å². The molecule has 0 spiro atoms. The number of nitrogens with zero attached hydrogens (tertiary/aromatic N) is 6. The van der Waals surface area contributed by atoms with Gasteiger partial charge in [0.2, 0.25) is 6.35 Å². The summed E-state index contributed by atoms with van der Waals surface area (Å²) in [5.41, 5.74) is 11.1. The van der Waals surface area contributed by atoms with E-state index in [9.17, 15) is 14.7 Å². The topological polar surface area (TPSA) is 132 Å². The van der Waals surface area contributed by atoms with Crippen LogP contribution < -0.4 is 16.0 Å². The highest BCUT2D eigenvalue weighted by molar-refractivity contribution is 6.27. The van der Waals surface area contributed by atoms with Gasteiger partial charge in [-0.05, 0) is 89.5 Å². The number of nitrogen functional groups attached to an aromatic ring is 1. The second-order valence-corrected chi connectivity index (χ2v) is 12.3. The average Bonchev–Trinajstić information content (AvgIpc) is 3.43. The lowest BCUT2D eigenvalue weighted by atomic mass is 9.83. The van der Waals surface area contributed by atoms with Crippen molar-refractivity contribution >= 4 is 34.5 Å². The molecule has 1 fully saturated rings. The molecule has 1 saturated carbocycles. The number of aromatic nitrogens is 3. The zero-order valence-electron chi connectivity index (χ0n) is 26.1. The molecule has 1 unspecified atom stereocenters. The highest BCUT2D eigenvalue weighted by atomic mass is 16.3. The Kier molecular flexibility index (Phi) is 8.30. The molecule has 2 aromatic carbocycles. The zero-order chi connectivity index (χ0) is 31.8. The summed E-state index contributed by atoms with van der Waals surface area (Å²) >= 11 is 0. The molecule has 3 heterocycles. The Morgan fingerprint density at radius 1 is 1.04 bits per heavy atom. The minimum absolute atomic E-state index is 0.0705. The summed E-state index contributed by atoms with van der Waals surface area (Å²) in [5.74, 6) is -0.361. The van der Waals surface area contributed by atoms with Gasteiger partial charge in [0, 0.05) is 46.8 Å². The van der Waals surface area contributed by atoms with Crippen molar-refractivity contribution in [3.8, 4) is 11.1 Å². The van der Waals surface area contributed by atoms with Gasteiger partial charge in [0.25, 0.3) is 11.8 Å². The van der Waals surface area contributed by atoms with Crippen LogP contribution in [-0.2, 0) is 9.59 Å². The Bertz CT molecular complexity index is 1720. The minimum atomic E-state index is -1.24. The quantitative estimate of drug-likeness (QED) is 0.263. The molecule has 4 N–H and O–H groups in total. The largest absolute Gasteiger partial charge is 0.382 e. The van der Waals surface area contributed by atoms with Gasteiger partial charge in [-0.15, -0.1) is 0 Å². The number of aliphatic hydroxyl groups excluding tert-OH is 1. The molecule has 11 heteroatoms. The SMILES string of the molecule is CC(C)N1C=C(C(=O)Nc2ccc(-c3cc(C4CCC(N(C)C)CC4)n4ncnc(N)c34)cc2)C(=O)N(c2ccccc2)C1O. The van der Waals surface area contributed by atoms with Crippen LogP contribution in [0.5, 0.6) is 0 Å². The monoisotopic (exact) mass is 608 g/mol. The molecule has 0 saturated heterocycles. The Labute approximate surface area is 262 Å². The van der Waals surface area contributed by atoms with Gasteiger partial charge in [0.15, 0.2) is 5.82 Å². The molecule has 6 rings (SSSR count). The predicted molar refractivity (Wildman–Crippen MR) is 175 cm³/mol. The number of rotatable bonds is 7. The Hall–Kier alpha value is -4.74. The number of fused-ring (bicyclic) bond motifs is 1. The molecular formula is C34H40N8O3. The Morgan fingerprint density at radius 2 is 1.73 bits per heavy atom. The molecule has 0 bridgehead atoms. The van der Waals surface area contributed by atoms with Crippen molar-refractivity contribution in [2.75, 3.05) is 30.0 Å². The number of carbonyl (C=O) groups excluding carboxylic acids is 2. The van der Waals surface area contributed by atoms with Crippen LogP contribution in [0.1, 0.15) is 51.1 Å². The van der Waals surface area contributed by atoms with Crippen LogP contribution in [0.4, 0.5) is 17.2 Å². The van der Waals surface area contributed by atoms with E-state index < -0.39 is 18.2 Å². The summed E-state index contributed by atoms with van der Waals surface area (Å²) in [6, 6.07) is 18.9. The van der Waals surface area contributed by atoms with E-state index in [0.29, 0.717) is 29.2 Å². The number of hydrogen-bond donors (Lipinski definition) is 3. The van der Waals surface area contributed by atoms with Crippen LogP contribution in [-0.4, -0.2) is 73.8 Å². The van der Waals surface area contributed by atoms with Gasteiger partial charge in [-0.2, -0.15) is 5.10 Å². The molecule has 1 aliphatic carbocycles. The zero-order valence-corrected chi connectivity index (χ0v) is 26.1. The second kappa shape index (κ2) is 12.3. The number of hydrogen-bond acceptors (Lipinski definition) is 8. The predicted octanol–water partition coefficient (Wildman–Crippen LogP) is 4.42. The third-order valence-corrected chi connectivity index (χ3v) is 9.01. The number of aliphatic hydroxyl groups is 1. The number of benzene rings is 2. The fourth-order valence-electron chi connectivity index (χ4n) is 6.47. The van der Waals surface area contributed by atoms with Gasteiger partial charge < -0.3 is 26.0 Å². The van der Waals surface area contributed by atoms with Gasteiger partial charge in [-0.3, -0.25) is 14.5 Å². The number of amides is 2. The number of para-hydroxylation sites is 1. The molecule has 11 nitrogen and oxygen atoms in total. The van der Waals surface area contributed by atoms with E-state index in [1.165, 1.54) is 17.4 Å². The molecule has 234 valence electrons. The van der Waals surface area contributed by atoms with Crippen molar-refractivity contribution < 1.29 is 14.7 Å². The van der Waals surface area contributed by atoms with Crippen LogP contribution in [0, 0.1) is 0 Å². The molecule has 2 aliphatic rings. The van der Waals surface area contributed by atoms with Crippen LogP contribution in [0.3, 0.4) is 0 Å². The first-order chi connectivity index (χ1) is 21.6. The minimum Gasteiger partial charge on any atom is -0.382 e. The first-order valence-electron chi connectivity index (χ1n) is 15.4. The number of anilines is 3. The summed E-state index contributed by atoms with van der Waals surface area (Å²) in [6.07, 6.45) is 6.10. The van der Waals surface area contributed by atoms with E-state index in [0.717, 1.165) is 48.0 Å². The van der Waals surface area contributed by atoms with Crippen molar-refractivity contribution in [1.29, 1.82) is 0 Å². The normalized spacial score (nSPS) is 20.6. The second-order valence-electron chi connectivity index (χ2n) is 12.3. The van der Waals surface area contributed by atoms with Crippen LogP contribution in [0.15, 0.2) is 78.8 Å². The van der Waals surface area contributed by atoms with Crippen molar-refractivity contribution in [3.63, 3.8) is 0 Å². The fourth-order valence-corrected chi connectivity index (χ4v) is 6.47. The molecule has 45 heavy (non-hydrogen) atoms. The summed E-state index contributed by atoms with van der Waals surface area (Å²) in [5, 5.41) is 18.4. The lowest BCUT2D eigenvalue weighted by molar-refractivity contribution is -0.125. The molecular weight excluding hydrogens is 568 g/mol. The lowest BCUT2D eigenvalue weighted by Gasteiger charge is -2.41. The lowest BCUT2D eigenvalue weighted by Crippen LogP contribution is -2.56. The third-order valence-electron chi connectivity index (χ3n) is 9.01. The molecule has 4 aromatic rings. The first kappa shape index (κ1) is 30.3. The molecule has 2 aromatic heterocycles. The van der Waals surface area contributed by atoms with E-state index in [4.69, 9.17) is 5.73 Å². The highest BCUT2D eigenvalue weighted by Gasteiger charge is 2.38. The smallest absolute Gasteiger partial charge is 0.268 e. The standard InChI is InChI=1S/C34H40N8O3/c1-21(2)40-19-28(33(44)41(34(40)45)26-8-6-5-7-9-26)32(43)38-24-14-10-22(11-15-24)27-18-29(42-30(27)31(35)36-20-37-42)23-12-16-25(17-13-23)39(3)4/h5-11,14-15,18-21,23,25,34,45H,12-13,16-17H2,1-4H3,(H,38,43)(H2,35,36,37). The highest BCUT2D eigenvalue weighted by Crippen LogP contribution is 2.39. The van der Waals surface area contributed by atoms with Gasteiger partial charge in [0.1, 0.15) is 17.4 Å². The maximum atomic E-state index is 13.5. The van der Waals surface area contributed by atoms with E-state index >= 15 is 0 Å². The fraction of sp³-hybridized carbons (Fsp3) is 0.353. The van der Waals surface area contributed by atoms with Crippen LogP contribution in [0.2, 0.25) is 0 Å². The van der Waals surface area contributed by atoms with E-state index in [1.807, 2.05) is 36.6 Å². The maximum Gasteiger partial charge on any atom is 0.268 e. The van der Waals surface area contributed by atoms with Gasteiger partial charge in [-0.25, -0.2) is 9.50 Å².